The highest BCUT2D eigenvalue weighted by molar-refractivity contribution is 5.77. The molecular weight excluding hydrogens is 228 g/mol. The van der Waals surface area contributed by atoms with Gasteiger partial charge < -0.3 is 15.3 Å². The highest BCUT2D eigenvalue weighted by atomic mass is 16.2. The zero-order valence-electron chi connectivity index (χ0n) is 10.7. The number of likely N-dealkylation sites (N-methyl/N-ethyl adjacent to an activating group) is 1. The number of amides is 1. The lowest BCUT2D eigenvalue weighted by atomic mass is 10.1. The molecule has 2 N–H and O–H groups in total. The number of carbonyl (C=O) groups is 1. The van der Waals surface area contributed by atoms with Gasteiger partial charge in [-0.25, -0.2) is 0 Å². The number of nitrogens with one attached hydrogen (secondary N) is 1. The summed E-state index contributed by atoms with van der Waals surface area (Å²) in [6.07, 6.45) is 0. The van der Waals surface area contributed by atoms with Crippen molar-refractivity contribution in [3.63, 3.8) is 0 Å². The molecule has 96 valence electrons. The van der Waals surface area contributed by atoms with Crippen LogP contribution in [0.15, 0.2) is 24.3 Å². The summed E-state index contributed by atoms with van der Waals surface area (Å²) in [4.78, 5) is 13.3. The molecule has 0 atom stereocenters. The summed E-state index contributed by atoms with van der Waals surface area (Å²) < 4.78 is 0. The van der Waals surface area contributed by atoms with Gasteiger partial charge in [0.2, 0.25) is 5.91 Å². The summed E-state index contributed by atoms with van der Waals surface area (Å²) in [6, 6.07) is 7.57. The van der Waals surface area contributed by atoms with Gasteiger partial charge in [0.1, 0.15) is 6.61 Å². The van der Waals surface area contributed by atoms with Gasteiger partial charge in [-0.05, 0) is 31.8 Å². The first kappa shape index (κ1) is 14.2. The van der Waals surface area contributed by atoms with Crippen molar-refractivity contribution >= 4 is 5.91 Å². The van der Waals surface area contributed by atoms with E-state index in [4.69, 9.17) is 5.11 Å². The van der Waals surface area contributed by atoms with Gasteiger partial charge in [-0.1, -0.05) is 24.0 Å². The van der Waals surface area contributed by atoms with Crippen molar-refractivity contribution in [2.45, 2.75) is 6.54 Å². The van der Waals surface area contributed by atoms with Gasteiger partial charge in [-0.3, -0.25) is 4.79 Å². The Kier molecular flexibility index (Phi) is 5.92. The molecule has 0 radical (unpaired) electrons. The van der Waals surface area contributed by atoms with E-state index in [0.29, 0.717) is 13.1 Å². The number of carbonyl (C=O) groups excluding carboxylic acids is 1. The Morgan fingerprint density at radius 1 is 1.33 bits per heavy atom. The second-order valence-electron chi connectivity index (χ2n) is 4.17. The maximum atomic E-state index is 11.4. The third kappa shape index (κ3) is 5.48. The average Bonchev–Trinajstić information content (AvgIpc) is 2.34. The largest absolute Gasteiger partial charge is 0.384 e. The molecule has 1 aromatic carbocycles. The van der Waals surface area contributed by atoms with Gasteiger partial charge in [-0.15, -0.1) is 0 Å². The van der Waals surface area contributed by atoms with Crippen LogP contribution >= 0.6 is 0 Å². The monoisotopic (exact) mass is 246 g/mol. The van der Waals surface area contributed by atoms with Crippen LogP contribution in [0.2, 0.25) is 0 Å². The first-order chi connectivity index (χ1) is 8.61. The predicted octanol–water partition coefficient (Wildman–Crippen LogP) is 0.208. The fraction of sp³-hybridized carbons (Fsp3) is 0.357. The maximum Gasteiger partial charge on any atom is 0.234 e. The zero-order valence-corrected chi connectivity index (χ0v) is 10.7. The van der Waals surface area contributed by atoms with Crippen molar-refractivity contribution in [2.24, 2.45) is 0 Å². The van der Waals surface area contributed by atoms with Crippen molar-refractivity contribution in [2.75, 3.05) is 27.2 Å². The Morgan fingerprint density at radius 3 is 2.56 bits per heavy atom. The lowest BCUT2D eigenvalue weighted by Gasteiger charge is -2.10. The molecule has 4 heteroatoms. The molecule has 0 aliphatic rings. The minimum Gasteiger partial charge on any atom is -0.384 e. The highest BCUT2D eigenvalue weighted by Gasteiger charge is 2.02. The standard InChI is InChI=1S/C14H18N2O2/c1-16(2)11-14(18)15-10-13-7-5-12(6-8-13)4-3-9-17/h5-8,17H,9-11H2,1-2H3,(H,15,18). The van der Waals surface area contributed by atoms with Crippen LogP contribution in [0.1, 0.15) is 11.1 Å². The van der Waals surface area contributed by atoms with E-state index in [0.717, 1.165) is 11.1 Å². The summed E-state index contributed by atoms with van der Waals surface area (Å²) in [7, 11) is 3.71. The van der Waals surface area contributed by atoms with E-state index in [1.807, 2.05) is 43.3 Å². The molecule has 0 saturated heterocycles. The normalized spacial score (nSPS) is 9.78. The van der Waals surface area contributed by atoms with Crippen molar-refractivity contribution in [1.82, 2.24) is 10.2 Å². The molecule has 1 aromatic rings. The second-order valence-corrected chi connectivity index (χ2v) is 4.17. The van der Waals surface area contributed by atoms with Crippen LogP contribution in [0.5, 0.6) is 0 Å². The number of aliphatic hydroxyl groups is 1. The van der Waals surface area contributed by atoms with E-state index in [1.165, 1.54) is 0 Å². The summed E-state index contributed by atoms with van der Waals surface area (Å²) in [6.45, 7) is 0.767. The van der Waals surface area contributed by atoms with Crippen molar-refractivity contribution in [3.05, 3.63) is 35.4 Å². The van der Waals surface area contributed by atoms with Crippen LogP contribution in [-0.4, -0.2) is 43.2 Å². The number of benzene rings is 1. The molecule has 4 nitrogen and oxygen atoms in total. The molecule has 0 spiro atoms. The topological polar surface area (TPSA) is 52.6 Å². The van der Waals surface area contributed by atoms with E-state index in [9.17, 15) is 4.79 Å². The SMILES string of the molecule is CN(C)CC(=O)NCc1ccc(C#CCO)cc1. The molecule has 1 rings (SSSR count). The van der Waals surface area contributed by atoms with Gasteiger partial charge in [0, 0.05) is 12.1 Å². The van der Waals surface area contributed by atoms with E-state index in [2.05, 4.69) is 17.2 Å². The van der Waals surface area contributed by atoms with Crippen LogP contribution in [-0.2, 0) is 11.3 Å². The van der Waals surface area contributed by atoms with Gasteiger partial charge in [-0.2, -0.15) is 0 Å². The minimum absolute atomic E-state index is 0.00384. The van der Waals surface area contributed by atoms with Crippen LogP contribution < -0.4 is 5.32 Å². The lowest BCUT2D eigenvalue weighted by Crippen LogP contribution is -2.32. The third-order valence-corrected chi connectivity index (χ3v) is 2.22. The molecule has 0 heterocycles. The minimum atomic E-state index is -0.137. The fourth-order valence-corrected chi connectivity index (χ4v) is 1.39. The van der Waals surface area contributed by atoms with Crippen molar-refractivity contribution in [3.8, 4) is 11.8 Å². The van der Waals surface area contributed by atoms with E-state index < -0.39 is 0 Å². The predicted molar refractivity (Wildman–Crippen MR) is 70.8 cm³/mol. The molecule has 0 aliphatic carbocycles. The summed E-state index contributed by atoms with van der Waals surface area (Å²) in [5.74, 6) is 5.41. The molecule has 0 aromatic heterocycles. The number of nitrogens with zero attached hydrogens (tertiary/aromatic N) is 1. The fourth-order valence-electron chi connectivity index (χ4n) is 1.39. The Hall–Kier alpha value is -1.83. The molecular formula is C14H18N2O2. The van der Waals surface area contributed by atoms with E-state index in [1.54, 1.807) is 0 Å². The van der Waals surface area contributed by atoms with Gasteiger partial charge in [0.25, 0.3) is 0 Å². The number of aliphatic hydroxyl groups excluding tert-OH is 1. The van der Waals surface area contributed by atoms with Crippen LogP contribution in [0.3, 0.4) is 0 Å². The first-order valence-corrected chi connectivity index (χ1v) is 5.72. The zero-order chi connectivity index (χ0) is 13.4. The molecule has 0 bridgehead atoms. The average molecular weight is 246 g/mol. The van der Waals surface area contributed by atoms with Gasteiger partial charge >= 0.3 is 0 Å². The number of hydrogen-bond acceptors (Lipinski definition) is 3. The maximum absolute atomic E-state index is 11.4. The lowest BCUT2D eigenvalue weighted by molar-refractivity contribution is -0.121. The second kappa shape index (κ2) is 7.49. The molecule has 0 saturated carbocycles. The number of rotatable bonds is 4. The van der Waals surface area contributed by atoms with Crippen LogP contribution in [0.4, 0.5) is 0 Å². The van der Waals surface area contributed by atoms with Crippen LogP contribution in [0.25, 0.3) is 0 Å². The van der Waals surface area contributed by atoms with Gasteiger partial charge in [0.05, 0.1) is 6.54 Å². The highest BCUT2D eigenvalue weighted by Crippen LogP contribution is 2.02. The quantitative estimate of drug-likeness (QED) is 0.747. The number of hydrogen-bond donors (Lipinski definition) is 2. The van der Waals surface area contributed by atoms with Crippen molar-refractivity contribution < 1.29 is 9.90 Å². The van der Waals surface area contributed by atoms with E-state index in [-0.39, 0.29) is 12.5 Å². The Balaban J connectivity index is 2.46. The van der Waals surface area contributed by atoms with Crippen LogP contribution in [0, 0.1) is 11.8 Å². The Morgan fingerprint density at radius 2 is 2.00 bits per heavy atom. The summed E-state index contributed by atoms with van der Waals surface area (Å²) >= 11 is 0. The molecule has 18 heavy (non-hydrogen) atoms. The summed E-state index contributed by atoms with van der Waals surface area (Å²) in [5, 5.41) is 11.4. The molecule has 0 unspecified atom stereocenters. The Bertz CT molecular complexity index is 441. The summed E-state index contributed by atoms with van der Waals surface area (Å²) in [5.41, 5.74) is 1.88. The Labute approximate surface area is 108 Å². The first-order valence-electron chi connectivity index (χ1n) is 5.72. The molecule has 1 amide bonds. The smallest absolute Gasteiger partial charge is 0.234 e. The van der Waals surface area contributed by atoms with E-state index >= 15 is 0 Å². The molecule has 0 fully saturated rings. The van der Waals surface area contributed by atoms with Gasteiger partial charge in [0.15, 0.2) is 0 Å². The molecule has 0 aliphatic heterocycles. The third-order valence-electron chi connectivity index (χ3n) is 2.22. The van der Waals surface area contributed by atoms with Crippen molar-refractivity contribution in [1.29, 1.82) is 0 Å².